The third-order valence-electron chi connectivity index (χ3n) is 5.48. The highest BCUT2D eigenvalue weighted by Gasteiger charge is 2.24. The lowest BCUT2D eigenvalue weighted by molar-refractivity contribution is 0.0930. The van der Waals surface area contributed by atoms with Crippen molar-refractivity contribution < 1.29 is 13.6 Å². The summed E-state index contributed by atoms with van der Waals surface area (Å²) in [6, 6.07) is 13.1. The van der Waals surface area contributed by atoms with Gasteiger partial charge >= 0.3 is 0 Å². The van der Waals surface area contributed by atoms with E-state index in [1.807, 2.05) is 62.6 Å². The van der Waals surface area contributed by atoms with E-state index in [2.05, 4.69) is 5.32 Å². The van der Waals surface area contributed by atoms with Crippen molar-refractivity contribution in [3.05, 3.63) is 93.8 Å². The molecule has 0 saturated carbocycles. The molecule has 3 rings (SSSR count). The second-order valence-electron chi connectivity index (χ2n) is 7.32. The summed E-state index contributed by atoms with van der Waals surface area (Å²) < 4.78 is 29.4. The van der Waals surface area contributed by atoms with Crippen molar-refractivity contribution >= 4 is 5.91 Å². The number of benzene rings is 2. The number of halogens is 2. The second kappa shape index (κ2) is 8.60. The van der Waals surface area contributed by atoms with Gasteiger partial charge in [0.15, 0.2) is 0 Å². The Balaban J connectivity index is 1.98. The largest absolute Gasteiger partial charge is 0.344 e. The number of carbonyl (C=O) groups is 1. The Labute approximate surface area is 170 Å². The molecule has 0 fully saturated rings. The molecule has 0 unspecified atom stereocenters. The summed E-state index contributed by atoms with van der Waals surface area (Å²) in [4.78, 5) is 13.2. The normalized spacial score (nSPS) is 12.1. The highest BCUT2D eigenvalue weighted by Crippen LogP contribution is 2.26. The first-order valence-corrected chi connectivity index (χ1v) is 9.81. The maximum atomic E-state index is 14.3. The van der Waals surface area contributed by atoms with Crippen LogP contribution in [-0.4, -0.2) is 10.5 Å². The van der Waals surface area contributed by atoms with E-state index in [4.69, 9.17) is 0 Å². The first kappa shape index (κ1) is 20.8. The number of carbonyl (C=O) groups excluding carboxylic acids is 1. The van der Waals surface area contributed by atoms with Crippen molar-refractivity contribution in [3.63, 3.8) is 0 Å². The molecule has 0 bridgehead atoms. The Morgan fingerprint density at radius 2 is 1.79 bits per heavy atom. The molecule has 29 heavy (non-hydrogen) atoms. The molecular weight excluding hydrogens is 370 g/mol. The number of hydrogen-bond acceptors (Lipinski definition) is 1. The summed E-state index contributed by atoms with van der Waals surface area (Å²) in [7, 11) is 0. The summed E-state index contributed by atoms with van der Waals surface area (Å²) in [5, 5.41) is 3.05. The summed E-state index contributed by atoms with van der Waals surface area (Å²) >= 11 is 0. The molecule has 0 spiro atoms. The average molecular weight is 396 g/mol. The number of hydrogen-bond donors (Lipinski definition) is 1. The zero-order chi connectivity index (χ0) is 21.1. The van der Waals surface area contributed by atoms with Crippen molar-refractivity contribution in [3.8, 4) is 0 Å². The number of nitrogens with one attached hydrogen (secondary N) is 1. The molecule has 3 nitrogen and oxygen atoms in total. The standard InChI is InChI=1S/C24H26F2N2O/c1-5-21-15(2)23(24(29)27-16(3)18-9-7-6-8-10-18)28(17(21)4)14-19-11-12-20(25)13-22(19)26/h6-13,16H,5,14H2,1-4H3,(H,27,29)/t16-/m0/s1. The van der Waals surface area contributed by atoms with Crippen LogP contribution in [0.4, 0.5) is 8.78 Å². The molecule has 0 saturated heterocycles. The van der Waals surface area contributed by atoms with Crippen molar-refractivity contribution in [1.82, 2.24) is 9.88 Å². The van der Waals surface area contributed by atoms with Gasteiger partial charge in [0.25, 0.3) is 5.91 Å². The van der Waals surface area contributed by atoms with E-state index < -0.39 is 11.6 Å². The highest BCUT2D eigenvalue weighted by molar-refractivity contribution is 5.95. The van der Waals surface area contributed by atoms with Gasteiger partial charge in [-0.2, -0.15) is 0 Å². The van der Waals surface area contributed by atoms with E-state index >= 15 is 0 Å². The van der Waals surface area contributed by atoms with Crippen LogP contribution in [0.3, 0.4) is 0 Å². The van der Waals surface area contributed by atoms with Gasteiger partial charge in [-0.15, -0.1) is 0 Å². The van der Waals surface area contributed by atoms with Crippen LogP contribution in [0.2, 0.25) is 0 Å². The predicted molar refractivity (Wildman–Crippen MR) is 111 cm³/mol. The zero-order valence-corrected chi connectivity index (χ0v) is 17.2. The van der Waals surface area contributed by atoms with Gasteiger partial charge in [-0.1, -0.05) is 43.3 Å². The van der Waals surface area contributed by atoms with Crippen LogP contribution in [-0.2, 0) is 13.0 Å². The Hall–Kier alpha value is -2.95. The maximum absolute atomic E-state index is 14.3. The van der Waals surface area contributed by atoms with E-state index in [9.17, 15) is 13.6 Å². The lowest BCUT2D eigenvalue weighted by Crippen LogP contribution is -2.29. The SMILES string of the molecule is CCc1c(C)c(C(=O)N[C@@H](C)c2ccccc2)n(Cc2ccc(F)cc2F)c1C. The van der Waals surface area contributed by atoms with Gasteiger partial charge in [0.2, 0.25) is 0 Å². The van der Waals surface area contributed by atoms with Gasteiger partial charge in [0.05, 0.1) is 12.6 Å². The van der Waals surface area contributed by atoms with Gasteiger partial charge in [-0.3, -0.25) is 4.79 Å². The van der Waals surface area contributed by atoms with Crippen LogP contribution in [0.5, 0.6) is 0 Å². The van der Waals surface area contributed by atoms with Crippen molar-refractivity contribution in [1.29, 1.82) is 0 Å². The van der Waals surface area contributed by atoms with E-state index in [0.29, 0.717) is 11.3 Å². The fraction of sp³-hybridized carbons (Fsp3) is 0.292. The number of aromatic nitrogens is 1. The van der Waals surface area contributed by atoms with E-state index in [1.54, 1.807) is 0 Å². The first-order valence-electron chi connectivity index (χ1n) is 9.81. The van der Waals surface area contributed by atoms with Crippen molar-refractivity contribution in [2.24, 2.45) is 0 Å². The topological polar surface area (TPSA) is 34.0 Å². The van der Waals surface area contributed by atoms with Crippen LogP contribution < -0.4 is 5.32 Å². The molecule has 0 aliphatic heterocycles. The van der Waals surface area contributed by atoms with Crippen molar-refractivity contribution in [2.45, 2.75) is 46.7 Å². The minimum atomic E-state index is -0.615. The van der Waals surface area contributed by atoms with E-state index in [1.165, 1.54) is 12.1 Å². The van der Waals surface area contributed by atoms with Crippen molar-refractivity contribution in [2.75, 3.05) is 0 Å². The average Bonchev–Trinajstić information content (AvgIpc) is 2.93. The second-order valence-corrected chi connectivity index (χ2v) is 7.32. The molecule has 3 aromatic rings. The van der Waals surface area contributed by atoms with Crippen LogP contribution in [0.15, 0.2) is 48.5 Å². The monoisotopic (exact) mass is 396 g/mol. The Kier molecular flexibility index (Phi) is 6.16. The van der Waals surface area contributed by atoms with Crippen LogP contribution in [0.1, 0.15) is 58.3 Å². The zero-order valence-electron chi connectivity index (χ0n) is 17.2. The Bertz CT molecular complexity index is 1030. The van der Waals surface area contributed by atoms with Crippen LogP contribution >= 0.6 is 0 Å². The van der Waals surface area contributed by atoms with Crippen LogP contribution in [0, 0.1) is 25.5 Å². The summed E-state index contributed by atoms with van der Waals surface area (Å²) in [5.41, 5.74) is 4.76. The van der Waals surface area contributed by atoms with E-state index in [-0.39, 0.29) is 18.5 Å². The molecule has 1 atom stereocenters. The highest BCUT2D eigenvalue weighted by atomic mass is 19.1. The lowest BCUT2D eigenvalue weighted by atomic mass is 10.1. The fourth-order valence-electron chi connectivity index (χ4n) is 3.87. The molecule has 1 aromatic heterocycles. The minimum Gasteiger partial charge on any atom is -0.344 e. The summed E-state index contributed by atoms with van der Waals surface area (Å²) in [6.45, 7) is 7.99. The molecule has 0 aliphatic carbocycles. The smallest absolute Gasteiger partial charge is 0.268 e. The first-order chi connectivity index (χ1) is 13.8. The third-order valence-corrected chi connectivity index (χ3v) is 5.48. The quantitative estimate of drug-likeness (QED) is 0.588. The summed E-state index contributed by atoms with van der Waals surface area (Å²) in [5.74, 6) is -1.43. The minimum absolute atomic E-state index is 0.167. The van der Waals surface area contributed by atoms with Gasteiger partial charge in [0.1, 0.15) is 17.3 Å². The molecule has 1 amide bonds. The molecule has 1 heterocycles. The molecule has 5 heteroatoms. The number of nitrogens with zero attached hydrogens (tertiary/aromatic N) is 1. The molecule has 2 aromatic carbocycles. The summed E-state index contributed by atoms with van der Waals surface area (Å²) in [6.07, 6.45) is 0.769. The Morgan fingerprint density at radius 3 is 2.41 bits per heavy atom. The Morgan fingerprint density at radius 1 is 1.10 bits per heavy atom. The number of amides is 1. The fourth-order valence-corrected chi connectivity index (χ4v) is 3.87. The molecular formula is C24H26F2N2O. The van der Waals surface area contributed by atoms with Gasteiger partial charge in [-0.25, -0.2) is 8.78 Å². The maximum Gasteiger partial charge on any atom is 0.268 e. The third kappa shape index (κ3) is 4.24. The number of rotatable bonds is 6. The van der Waals surface area contributed by atoms with Crippen LogP contribution in [0.25, 0.3) is 0 Å². The van der Waals surface area contributed by atoms with Gasteiger partial charge < -0.3 is 9.88 Å². The van der Waals surface area contributed by atoms with E-state index in [0.717, 1.165) is 34.9 Å². The molecule has 0 radical (unpaired) electrons. The van der Waals surface area contributed by atoms with Gasteiger partial charge in [-0.05, 0) is 49.9 Å². The molecule has 152 valence electrons. The molecule has 0 aliphatic rings. The molecule has 1 N–H and O–H groups in total. The predicted octanol–water partition coefficient (Wildman–Crippen LogP) is 5.48. The van der Waals surface area contributed by atoms with Gasteiger partial charge in [0, 0.05) is 17.3 Å². The lowest BCUT2D eigenvalue weighted by Gasteiger charge is -2.17.